The normalized spacial score (nSPS) is 26.6. The van der Waals surface area contributed by atoms with Gasteiger partial charge in [-0.25, -0.2) is 4.98 Å². The van der Waals surface area contributed by atoms with Gasteiger partial charge in [0.2, 0.25) is 5.91 Å². The van der Waals surface area contributed by atoms with E-state index >= 15 is 0 Å². The Morgan fingerprint density at radius 2 is 2.35 bits per heavy atom. The van der Waals surface area contributed by atoms with E-state index < -0.39 is 5.41 Å². The van der Waals surface area contributed by atoms with Crippen molar-refractivity contribution in [3.63, 3.8) is 0 Å². The number of hydrogen-bond donors (Lipinski definition) is 2. The predicted octanol–water partition coefficient (Wildman–Crippen LogP) is 2.59. The van der Waals surface area contributed by atoms with Crippen molar-refractivity contribution >= 4 is 34.5 Å². The molecule has 1 fully saturated rings. The van der Waals surface area contributed by atoms with Crippen LogP contribution in [-0.2, 0) is 11.2 Å². The summed E-state index contributed by atoms with van der Waals surface area (Å²) in [6.07, 6.45) is 4.34. The first-order chi connectivity index (χ1) is 9.39. The van der Waals surface area contributed by atoms with Gasteiger partial charge in [-0.1, -0.05) is 26.1 Å². The molecule has 1 aliphatic rings. The number of carbonyl (C=O) groups excluding carboxylic acids is 1. The molecule has 2 rings (SSSR count). The minimum Gasteiger partial charge on any atom is -0.392 e. The number of thiazole rings is 1. The minimum atomic E-state index is -0.645. The Hall–Kier alpha value is -1.01. The van der Waals surface area contributed by atoms with Crippen molar-refractivity contribution in [3.05, 3.63) is 16.1 Å². The first-order valence-corrected chi connectivity index (χ1v) is 8.17. The molecule has 0 spiro atoms. The number of hydrogen-bond acceptors (Lipinski definition) is 4. The van der Waals surface area contributed by atoms with Crippen molar-refractivity contribution in [2.75, 3.05) is 0 Å². The van der Waals surface area contributed by atoms with Crippen molar-refractivity contribution in [1.82, 2.24) is 10.3 Å². The van der Waals surface area contributed by atoms with Gasteiger partial charge in [-0.3, -0.25) is 4.79 Å². The van der Waals surface area contributed by atoms with E-state index in [2.05, 4.69) is 24.1 Å². The molecule has 110 valence electrons. The van der Waals surface area contributed by atoms with Crippen LogP contribution in [0, 0.1) is 11.3 Å². The lowest BCUT2D eigenvalue weighted by atomic mass is 9.62. The molecule has 1 aromatic heterocycles. The minimum absolute atomic E-state index is 0.0520. The van der Waals surface area contributed by atoms with E-state index in [0.717, 1.165) is 24.3 Å². The second-order valence-electron chi connectivity index (χ2n) is 5.67. The highest BCUT2D eigenvalue weighted by Crippen LogP contribution is 2.46. The third-order valence-electron chi connectivity index (χ3n) is 3.94. The smallest absolute Gasteiger partial charge is 0.233 e. The number of thiocarbonyl (C=S) groups is 1. The second kappa shape index (κ2) is 5.77. The average molecular weight is 311 g/mol. The summed E-state index contributed by atoms with van der Waals surface area (Å²) in [5.41, 5.74) is 5.15. The molecule has 1 saturated carbocycles. The van der Waals surface area contributed by atoms with E-state index in [1.54, 1.807) is 11.3 Å². The number of aryl methyl sites for hydroxylation is 1. The highest BCUT2D eigenvalue weighted by Gasteiger charge is 2.51. The molecule has 0 saturated heterocycles. The van der Waals surface area contributed by atoms with Crippen LogP contribution in [0.1, 0.15) is 49.5 Å². The first-order valence-electron chi connectivity index (χ1n) is 6.94. The van der Waals surface area contributed by atoms with Crippen molar-refractivity contribution < 1.29 is 4.79 Å². The molecule has 6 heteroatoms. The second-order valence-corrected chi connectivity index (χ2v) is 7.26. The average Bonchev–Trinajstić information content (AvgIpc) is 2.82. The lowest BCUT2D eigenvalue weighted by molar-refractivity contribution is -0.133. The summed E-state index contributed by atoms with van der Waals surface area (Å²) in [6.45, 7) is 6.16. The number of nitrogens with one attached hydrogen (secondary N) is 1. The maximum Gasteiger partial charge on any atom is 0.233 e. The van der Waals surface area contributed by atoms with E-state index in [9.17, 15) is 4.79 Å². The lowest BCUT2D eigenvalue weighted by Gasteiger charge is -2.44. The van der Waals surface area contributed by atoms with Crippen molar-refractivity contribution in [3.8, 4) is 0 Å². The summed E-state index contributed by atoms with van der Waals surface area (Å²) in [7, 11) is 0. The highest BCUT2D eigenvalue weighted by molar-refractivity contribution is 7.80. The molecule has 1 unspecified atom stereocenters. The molecule has 1 heterocycles. The van der Waals surface area contributed by atoms with E-state index in [4.69, 9.17) is 18.0 Å². The summed E-state index contributed by atoms with van der Waals surface area (Å²) in [5.74, 6) is 0.452. The standard InChI is InChI=1S/C14H21N3OS2/c1-4-10-7-16-11(20-10)9(3)17-13(18)14(12(15)19)5-8(2)6-14/h7-9H,4-6H2,1-3H3,(H2,15,19)(H,17,18). The monoisotopic (exact) mass is 311 g/mol. The van der Waals surface area contributed by atoms with Crippen LogP contribution in [0.4, 0.5) is 0 Å². The van der Waals surface area contributed by atoms with Crippen LogP contribution >= 0.6 is 23.6 Å². The summed E-state index contributed by atoms with van der Waals surface area (Å²) in [5, 5.41) is 3.95. The van der Waals surface area contributed by atoms with Crippen molar-refractivity contribution in [1.29, 1.82) is 0 Å². The van der Waals surface area contributed by atoms with Crippen LogP contribution in [0.5, 0.6) is 0 Å². The Bertz CT molecular complexity index is 520. The number of carbonyl (C=O) groups is 1. The Morgan fingerprint density at radius 1 is 1.70 bits per heavy atom. The fourth-order valence-corrected chi connectivity index (χ4v) is 3.83. The van der Waals surface area contributed by atoms with Crippen LogP contribution in [0.2, 0.25) is 0 Å². The molecule has 0 aliphatic heterocycles. The van der Waals surface area contributed by atoms with Gasteiger partial charge in [-0.2, -0.15) is 0 Å². The van der Waals surface area contributed by atoms with Crippen LogP contribution < -0.4 is 11.1 Å². The van der Waals surface area contributed by atoms with Gasteiger partial charge in [-0.05, 0) is 32.1 Å². The third-order valence-corrected chi connectivity index (χ3v) is 5.65. The van der Waals surface area contributed by atoms with Gasteiger partial charge in [0.05, 0.1) is 16.4 Å². The van der Waals surface area contributed by atoms with Crippen LogP contribution in [-0.4, -0.2) is 15.9 Å². The zero-order valence-electron chi connectivity index (χ0n) is 12.1. The van der Waals surface area contributed by atoms with Crippen molar-refractivity contribution in [2.45, 2.75) is 46.1 Å². The predicted molar refractivity (Wildman–Crippen MR) is 85.7 cm³/mol. The maximum absolute atomic E-state index is 12.5. The lowest BCUT2D eigenvalue weighted by Crippen LogP contribution is -2.56. The van der Waals surface area contributed by atoms with E-state index in [-0.39, 0.29) is 11.9 Å². The van der Waals surface area contributed by atoms with E-state index in [1.165, 1.54) is 4.88 Å². The summed E-state index contributed by atoms with van der Waals surface area (Å²) in [4.78, 5) is 18.4. The Morgan fingerprint density at radius 3 is 2.80 bits per heavy atom. The maximum atomic E-state index is 12.5. The van der Waals surface area contributed by atoms with Gasteiger partial charge in [-0.15, -0.1) is 11.3 Å². The third kappa shape index (κ3) is 2.72. The van der Waals surface area contributed by atoms with Gasteiger partial charge in [0.15, 0.2) is 0 Å². The summed E-state index contributed by atoms with van der Waals surface area (Å²) in [6, 6.07) is -0.102. The fraction of sp³-hybridized carbons (Fsp3) is 0.643. The van der Waals surface area contributed by atoms with Gasteiger partial charge in [0.1, 0.15) is 5.01 Å². The van der Waals surface area contributed by atoms with E-state index in [0.29, 0.717) is 10.9 Å². The number of aromatic nitrogens is 1. The Kier molecular flexibility index (Phi) is 4.44. The quantitative estimate of drug-likeness (QED) is 0.820. The molecule has 1 atom stereocenters. The van der Waals surface area contributed by atoms with Gasteiger partial charge in [0, 0.05) is 11.1 Å². The molecule has 0 radical (unpaired) electrons. The summed E-state index contributed by atoms with van der Waals surface area (Å²) >= 11 is 6.74. The molecule has 1 aliphatic carbocycles. The zero-order valence-corrected chi connectivity index (χ0v) is 13.7. The van der Waals surface area contributed by atoms with Crippen LogP contribution in [0.25, 0.3) is 0 Å². The highest BCUT2D eigenvalue weighted by atomic mass is 32.1. The molecule has 3 N–H and O–H groups in total. The molecular formula is C14H21N3OS2. The molecule has 20 heavy (non-hydrogen) atoms. The van der Waals surface area contributed by atoms with Crippen LogP contribution in [0.15, 0.2) is 6.20 Å². The summed E-state index contributed by atoms with van der Waals surface area (Å²) < 4.78 is 0. The first kappa shape index (κ1) is 15.4. The fourth-order valence-electron chi connectivity index (χ4n) is 2.71. The number of rotatable bonds is 5. The van der Waals surface area contributed by atoms with Gasteiger partial charge >= 0.3 is 0 Å². The van der Waals surface area contributed by atoms with Crippen molar-refractivity contribution in [2.24, 2.45) is 17.1 Å². The topological polar surface area (TPSA) is 68.0 Å². The molecule has 1 amide bonds. The van der Waals surface area contributed by atoms with Gasteiger partial charge in [0.25, 0.3) is 0 Å². The zero-order chi connectivity index (χ0) is 14.9. The molecule has 4 nitrogen and oxygen atoms in total. The number of nitrogens with two attached hydrogens (primary N) is 1. The molecule has 0 bridgehead atoms. The molecule has 1 aromatic rings. The Labute approximate surface area is 129 Å². The number of amides is 1. The largest absolute Gasteiger partial charge is 0.392 e. The van der Waals surface area contributed by atoms with Gasteiger partial charge < -0.3 is 11.1 Å². The molecule has 0 aromatic carbocycles. The Balaban J connectivity index is 2.05. The SMILES string of the molecule is CCc1cnc(C(C)NC(=O)C2(C(N)=S)CC(C)C2)s1. The molecular weight excluding hydrogens is 290 g/mol. The van der Waals surface area contributed by atoms with Crippen LogP contribution in [0.3, 0.4) is 0 Å². The van der Waals surface area contributed by atoms with E-state index in [1.807, 2.05) is 13.1 Å². The number of nitrogens with zero attached hydrogens (tertiary/aromatic N) is 1.